The van der Waals surface area contributed by atoms with Gasteiger partial charge in [0.1, 0.15) is 23.2 Å². The van der Waals surface area contributed by atoms with Crippen molar-refractivity contribution in [3.05, 3.63) is 152 Å². The molecule has 5 rings (SSSR count). The van der Waals surface area contributed by atoms with Crippen molar-refractivity contribution in [2.24, 2.45) is 0 Å². The number of carbonyl (C=O) groups is 1. The standard InChI is InChI=1S/C34H24I4OP/c35-31-20-26(22-39)33(37)18-24(31)16-17-25-19-34(38)27(21-32(25)36)23-40(28-10-4-1-5-11-28,29-12-6-2-7-13-29)30-14-8-3-9-15-30/h1-22H,23H2/q+1/b17-16-. The van der Waals surface area contributed by atoms with Gasteiger partial charge in [0, 0.05) is 25.4 Å². The highest BCUT2D eigenvalue weighted by molar-refractivity contribution is 14.1. The van der Waals surface area contributed by atoms with Crippen LogP contribution in [0.5, 0.6) is 0 Å². The Morgan fingerprint density at radius 3 is 1.32 bits per heavy atom. The van der Waals surface area contributed by atoms with Gasteiger partial charge in [-0.05, 0) is 162 Å². The molecule has 1 nitrogen and oxygen atoms in total. The Kier molecular flexibility index (Phi) is 10.5. The van der Waals surface area contributed by atoms with Gasteiger partial charge in [-0.15, -0.1) is 0 Å². The van der Waals surface area contributed by atoms with E-state index in [1.54, 1.807) is 0 Å². The molecule has 0 saturated heterocycles. The molecule has 40 heavy (non-hydrogen) atoms. The summed E-state index contributed by atoms with van der Waals surface area (Å²) in [5.41, 5.74) is 4.42. The van der Waals surface area contributed by atoms with Crippen LogP contribution >= 0.6 is 97.6 Å². The molecule has 198 valence electrons. The van der Waals surface area contributed by atoms with E-state index in [0.717, 1.165) is 30.7 Å². The minimum atomic E-state index is -1.98. The molecule has 0 heterocycles. The monoisotopic (exact) mass is 987 g/mol. The fourth-order valence-corrected chi connectivity index (χ4v) is 12.1. The maximum absolute atomic E-state index is 11.3. The highest BCUT2D eigenvalue weighted by Gasteiger charge is 2.45. The Hall–Kier alpha value is -1.14. The fourth-order valence-electron chi connectivity index (χ4n) is 4.85. The molecule has 0 spiro atoms. The van der Waals surface area contributed by atoms with Crippen LogP contribution in [0, 0.1) is 14.3 Å². The van der Waals surface area contributed by atoms with Crippen LogP contribution in [0.3, 0.4) is 0 Å². The van der Waals surface area contributed by atoms with E-state index in [0.29, 0.717) is 0 Å². The van der Waals surface area contributed by atoms with Crippen molar-refractivity contribution in [2.45, 2.75) is 6.16 Å². The third-order valence-electron chi connectivity index (χ3n) is 6.85. The molecule has 0 unspecified atom stereocenters. The average Bonchev–Trinajstić information content (AvgIpc) is 2.99. The largest absolute Gasteiger partial charge is 0.298 e. The van der Waals surface area contributed by atoms with Gasteiger partial charge < -0.3 is 0 Å². The summed E-state index contributed by atoms with van der Waals surface area (Å²) in [5.74, 6) is 0. The predicted molar refractivity (Wildman–Crippen MR) is 207 cm³/mol. The Bertz CT molecular complexity index is 1570. The summed E-state index contributed by atoms with van der Waals surface area (Å²) in [6.45, 7) is 0. The fraction of sp³-hybridized carbons (Fsp3) is 0.0294. The summed E-state index contributed by atoms with van der Waals surface area (Å²) in [5, 5.41) is 4.18. The number of hydrogen-bond acceptors (Lipinski definition) is 1. The molecular weight excluding hydrogens is 963 g/mol. The van der Waals surface area contributed by atoms with Crippen LogP contribution in [0.1, 0.15) is 27.0 Å². The third-order valence-corrected chi connectivity index (χ3v) is 15.0. The van der Waals surface area contributed by atoms with Gasteiger partial charge in [-0.3, -0.25) is 4.79 Å². The lowest BCUT2D eigenvalue weighted by atomic mass is 10.1. The van der Waals surface area contributed by atoms with E-state index in [9.17, 15) is 4.79 Å². The van der Waals surface area contributed by atoms with E-state index in [4.69, 9.17) is 0 Å². The van der Waals surface area contributed by atoms with Gasteiger partial charge in [-0.25, -0.2) is 0 Å². The number of hydrogen-bond donors (Lipinski definition) is 0. The first-order valence-electron chi connectivity index (χ1n) is 12.6. The molecule has 0 radical (unpaired) electrons. The lowest BCUT2D eigenvalue weighted by Crippen LogP contribution is -2.32. The summed E-state index contributed by atoms with van der Waals surface area (Å²) in [6.07, 6.45) is 6.22. The zero-order chi connectivity index (χ0) is 28.1. The Balaban J connectivity index is 1.60. The van der Waals surface area contributed by atoms with Crippen molar-refractivity contribution in [3.8, 4) is 0 Å². The Labute approximate surface area is 291 Å². The van der Waals surface area contributed by atoms with Gasteiger partial charge >= 0.3 is 0 Å². The van der Waals surface area contributed by atoms with E-state index in [2.05, 4.69) is 212 Å². The first kappa shape index (κ1) is 30.3. The number of benzene rings is 5. The molecule has 0 aliphatic rings. The molecule has 0 aromatic heterocycles. The third kappa shape index (κ3) is 6.58. The maximum Gasteiger partial charge on any atom is 0.151 e. The van der Waals surface area contributed by atoms with E-state index < -0.39 is 7.26 Å². The van der Waals surface area contributed by atoms with Crippen LogP contribution in [0.15, 0.2) is 115 Å². The zero-order valence-corrected chi connectivity index (χ0v) is 30.8. The van der Waals surface area contributed by atoms with Gasteiger partial charge in [-0.2, -0.15) is 0 Å². The van der Waals surface area contributed by atoms with E-state index in [1.165, 1.54) is 34.2 Å². The highest BCUT2D eigenvalue weighted by atomic mass is 127. The second-order valence-corrected chi connectivity index (χ2v) is 17.4. The molecule has 5 aromatic carbocycles. The minimum Gasteiger partial charge on any atom is -0.298 e. The lowest BCUT2D eigenvalue weighted by molar-refractivity contribution is 0.112. The number of rotatable bonds is 8. The van der Waals surface area contributed by atoms with Crippen molar-refractivity contribution >= 4 is 132 Å². The van der Waals surface area contributed by atoms with Crippen LogP contribution in [-0.4, -0.2) is 6.29 Å². The zero-order valence-electron chi connectivity index (χ0n) is 21.3. The minimum absolute atomic E-state index is 0.734. The Morgan fingerprint density at radius 2 is 0.875 bits per heavy atom. The van der Waals surface area contributed by atoms with Gasteiger partial charge in [0.25, 0.3) is 0 Å². The molecule has 5 aromatic rings. The number of halogens is 4. The van der Waals surface area contributed by atoms with Gasteiger partial charge in [-0.1, -0.05) is 66.7 Å². The van der Waals surface area contributed by atoms with Gasteiger partial charge in [0.05, 0.1) is 6.16 Å². The molecular formula is C34H24I4OP+. The van der Waals surface area contributed by atoms with Crippen molar-refractivity contribution in [3.63, 3.8) is 0 Å². The molecule has 0 saturated carbocycles. The van der Waals surface area contributed by atoms with E-state index in [1.807, 2.05) is 6.07 Å². The summed E-state index contributed by atoms with van der Waals surface area (Å²) < 4.78 is 4.53. The van der Waals surface area contributed by atoms with Crippen molar-refractivity contribution in [2.75, 3.05) is 0 Å². The molecule has 0 fully saturated rings. The molecule has 0 aliphatic carbocycles. The maximum atomic E-state index is 11.3. The molecule has 6 heteroatoms. The number of carbonyl (C=O) groups excluding carboxylic acids is 1. The first-order valence-corrected chi connectivity index (χ1v) is 18.9. The van der Waals surface area contributed by atoms with Crippen molar-refractivity contribution in [1.82, 2.24) is 0 Å². The molecule has 0 bridgehead atoms. The molecule has 0 atom stereocenters. The molecule has 0 N–H and O–H groups in total. The van der Waals surface area contributed by atoms with Crippen molar-refractivity contribution in [1.29, 1.82) is 0 Å². The van der Waals surface area contributed by atoms with Crippen LogP contribution < -0.4 is 15.9 Å². The summed E-state index contributed by atoms with van der Waals surface area (Å²) in [4.78, 5) is 11.3. The van der Waals surface area contributed by atoms with Crippen molar-refractivity contribution < 1.29 is 4.79 Å². The first-order chi connectivity index (χ1) is 19.4. The summed E-state index contributed by atoms with van der Waals surface area (Å²) in [6, 6.07) is 41.9. The van der Waals surface area contributed by atoms with E-state index >= 15 is 0 Å². The predicted octanol–water partition coefficient (Wildman–Crippen LogP) is 9.58. The highest BCUT2D eigenvalue weighted by Crippen LogP contribution is 2.58. The lowest BCUT2D eigenvalue weighted by Gasteiger charge is -2.28. The Morgan fingerprint density at radius 1 is 0.500 bits per heavy atom. The van der Waals surface area contributed by atoms with Crippen LogP contribution in [0.4, 0.5) is 0 Å². The average molecular weight is 987 g/mol. The topological polar surface area (TPSA) is 17.1 Å². The van der Waals surface area contributed by atoms with Crippen LogP contribution in [0.2, 0.25) is 0 Å². The summed E-state index contributed by atoms with van der Waals surface area (Å²) in [7, 11) is -1.98. The summed E-state index contributed by atoms with van der Waals surface area (Å²) >= 11 is 9.53. The van der Waals surface area contributed by atoms with Crippen LogP contribution in [-0.2, 0) is 6.16 Å². The SMILES string of the molecule is O=Cc1cc(I)c(/C=C\c2cc(I)c(C[P+](c3ccccc3)(c3ccccc3)c3ccccc3)cc2I)cc1I. The van der Waals surface area contributed by atoms with Gasteiger partial charge in [0.15, 0.2) is 6.29 Å². The quantitative estimate of drug-likeness (QED) is 0.0656. The van der Waals surface area contributed by atoms with Crippen LogP contribution in [0.25, 0.3) is 12.2 Å². The second kappa shape index (κ2) is 13.9. The van der Waals surface area contributed by atoms with E-state index in [-0.39, 0.29) is 0 Å². The smallest absolute Gasteiger partial charge is 0.151 e. The second-order valence-electron chi connectivity index (χ2n) is 9.29. The molecule has 0 aliphatic heterocycles. The normalized spacial score (nSPS) is 11.6. The number of aldehydes is 1. The molecule has 0 amide bonds. The van der Waals surface area contributed by atoms with Gasteiger partial charge in [0.2, 0.25) is 0 Å².